The summed E-state index contributed by atoms with van der Waals surface area (Å²) in [4.78, 5) is 7.57. The Labute approximate surface area is 341 Å². The van der Waals surface area contributed by atoms with Gasteiger partial charge in [0.2, 0.25) is 0 Å². The van der Waals surface area contributed by atoms with Crippen molar-refractivity contribution in [2.75, 3.05) is 0 Å². The molecule has 2 nitrogen and oxygen atoms in total. The number of rotatable bonds is 6. The molecule has 2 aromatic heterocycles. The van der Waals surface area contributed by atoms with Crippen LogP contribution in [0.1, 0.15) is 0 Å². The quantitative estimate of drug-likeness (QED) is 0.110. The van der Waals surface area contributed by atoms with E-state index in [-0.39, 0.29) is 21.8 Å². The van der Waals surface area contributed by atoms with Gasteiger partial charge in [-0.2, -0.15) is 0 Å². The van der Waals surface area contributed by atoms with Crippen LogP contribution in [0.4, 0.5) is 12.9 Å². The Morgan fingerprint density at radius 2 is 0.429 bits per heavy atom. The summed E-state index contributed by atoms with van der Waals surface area (Å²) < 4.78 is 29.0. The van der Waals surface area contributed by atoms with E-state index >= 15 is 0 Å². The molecule has 56 heavy (non-hydrogen) atoms. The second-order valence-corrected chi connectivity index (χ2v) is 16.2. The Balaban J connectivity index is 0.000000272. The largest absolute Gasteiger partial charge is 1.00 e. The van der Waals surface area contributed by atoms with Crippen LogP contribution in [0.25, 0.3) is 0 Å². The molecule has 286 valence electrons. The molecule has 8 rings (SSSR count). The Morgan fingerprint density at radius 3 is 0.536 bits per heavy atom. The molecule has 6 aromatic carbocycles. The first kappa shape index (κ1) is 46.9. The number of nitrogens with zero attached hydrogens (tertiary/aromatic N) is 2. The molecule has 0 fully saturated rings. The Morgan fingerprint density at radius 1 is 0.286 bits per heavy atom. The van der Waals surface area contributed by atoms with Gasteiger partial charge in [0.1, 0.15) is 31.8 Å². The van der Waals surface area contributed by atoms with Gasteiger partial charge in [-0.1, -0.05) is 121 Å². The van der Waals surface area contributed by atoms with E-state index < -0.39 is 23.4 Å². The third kappa shape index (κ3) is 17.9. The molecule has 0 unspecified atom stereocenters. The Kier molecular flexibility index (Phi) is 24.4. The van der Waals surface area contributed by atoms with E-state index in [1.165, 1.54) is 31.8 Å². The predicted octanol–water partition coefficient (Wildman–Crippen LogP) is 6.40. The SMILES string of the molecule is FB(F)F.[Cu+].[F-].c1ccc([PH+](c2ccccc2)c2ccccc2)cc1.c1ccc([PH+](c2ccccc2)c2ccccc2)cc1.c1ccncc1.c1ccncc1. The molecule has 0 spiro atoms. The van der Waals surface area contributed by atoms with Crippen molar-refractivity contribution in [2.45, 2.75) is 0 Å². The Hall–Kier alpha value is -5.22. The number of pyridine rings is 2. The van der Waals surface area contributed by atoms with Crippen molar-refractivity contribution in [1.82, 2.24) is 9.97 Å². The summed E-state index contributed by atoms with van der Waals surface area (Å²) in [6.45, 7) is 0. The van der Waals surface area contributed by atoms with Crippen LogP contribution in [0.2, 0.25) is 0 Å². The summed E-state index contributed by atoms with van der Waals surface area (Å²) in [5.41, 5.74) is 0. The van der Waals surface area contributed by atoms with Gasteiger partial charge in [-0.25, -0.2) is 0 Å². The van der Waals surface area contributed by atoms with E-state index in [1.54, 1.807) is 24.8 Å². The molecule has 0 saturated heterocycles. The van der Waals surface area contributed by atoms with Gasteiger partial charge >= 0.3 is 24.6 Å². The van der Waals surface area contributed by atoms with Crippen LogP contribution < -0.4 is 36.5 Å². The average molecular weight is 835 g/mol. The molecular weight excluding hydrogens is 793 g/mol. The molecule has 0 aliphatic heterocycles. The number of hydrogen-bond donors (Lipinski definition) is 0. The van der Waals surface area contributed by atoms with Gasteiger partial charge in [-0.15, -0.1) is 0 Å². The standard InChI is InChI=1S/2C18H15P.2C5H5N.BF3.Cu.FH/c2*1-4-10-16(11-5-1)19(17-12-6-2-7-13-17)18-14-8-3-9-15-18;2*1-2-4-6-5-3-1;2-1(3)4;;/h2*1-15H;2*1-5H;;;1H/q;;;;;+1;/p+1. The van der Waals surface area contributed by atoms with E-state index in [9.17, 15) is 12.9 Å². The van der Waals surface area contributed by atoms with Gasteiger partial charge in [0.15, 0.2) is 0 Å². The zero-order valence-corrected chi connectivity index (χ0v) is 33.3. The molecule has 0 radical (unpaired) electrons. The number of benzene rings is 6. The Bertz CT molecular complexity index is 1660. The minimum absolute atomic E-state index is 0. The third-order valence-corrected chi connectivity index (χ3v) is 13.0. The summed E-state index contributed by atoms with van der Waals surface area (Å²) >= 11 is 0. The molecular formula is C46H42BCuF4N2P2+2. The van der Waals surface area contributed by atoms with Gasteiger partial charge in [0.05, 0.1) is 15.8 Å². The molecule has 10 heteroatoms. The molecule has 0 amide bonds. The molecule has 8 aromatic rings. The van der Waals surface area contributed by atoms with Crippen LogP contribution >= 0.6 is 15.8 Å². The second-order valence-electron chi connectivity index (χ2n) is 11.2. The van der Waals surface area contributed by atoms with E-state index in [2.05, 4.69) is 192 Å². The maximum atomic E-state index is 9.67. The van der Waals surface area contributed by atoms with E-state index in [0.29, 0.717) is 0 Å². The van der Waals surface area contributed by atoms with E-state index in [1.807, 2.05) is 36.4 Å². The van der Waals surface area contributed by atoms with Gasteiger partial charge in [0.25, 0.3) is 0 Å². The summed E-state index contributed by atoms with van der Waals surface area (Å²) in [5.74, 6) is 0. The van der Waals surface area contributed by atoms with Crippen molar-refractivity contribution >= 4 is 55.2 Å². The topological polar surface area (TPSA) is 25.8 Å². The first-order chi connectivity index (χ1) is 26.6. The van der Waals surface area contributed by atoms with Crippen LogP contribution in [-0.4, -0.2) is 17.5 Å². The van der Waals surface area contributed by atoms with Crippen molar-refractivity contribution in [3.8, 4) is 0 Å². The molecule has 0 aliphatic carbocycles. The first-order valence-electron chi connectivity index (χ1n) is 17.3. The summed E-state index contributed by atoms with van der Waals surface area (Å²) in [6.07, 6.45) is 7.00. The second kappa shape index (κ2) is 29.1. The smallest absolute Gasteiger partial charge is 1.00 e. The van der Waals surface area contributed by atoms with Crippen molar-refractivity contribution < 1.29 is 34.7 Å². The summed E-state index contributed by atoms with van der Waals surface area (Å²) in [7, 11) is -5.42. The predicted molar refractivity (Wildman–Crippen MR) is 231 cm³/mol. The first-order valence-corrected chi connectivity index (χ1v) is 20.3. The fraction of sp³-hybridized carbons (Fsp3) is 0. The van der Waals surface area contributed by atoms with Crippen LogP contribution in [0.5, 0.6) is 0 Å². The normalized spacial score (nSPS) is 9.38. The molecule has 0 bridgehead atoms. The zero-order valence-electron chi connectivity index (χ0n) is 30.4. The van der Waals surface area contributed by atoms with Crippen LogP contribution in [-0.2, 0) is 17.1 Å². The minimum Gasteiger partial charge on any atom is -1.00 e. The van der Waals surface area contributed by atoms with Gasteiger partial charge < -0.3 is 4.70 Å². The fourth-order valence-corrected chi connectivity index (χ4v) is 10.4. The average Bonchev–Trinajstić information content (AvgIpc) is 3.25. The number of aromatic nitrogens is 2. The molecule has 0 aliphatic rings. The summed E-state index contributed by atoms with van der Waals surface area (Å²) in [6, 6.07) is 76.4. The maximum absolute atomic E-state index is 9.67. The van der Waals surface area contributed by atoms with Crippen molar-refractivity contribution in [3.63, 3.8) is 0 Å². The number of halogens is 4. The molecule has 2 heterocycles. The maximum Gasteiger partial charge on any atom is 1.00 e. The zero-order chi connectivity index (χ0) is 37.9. The van der Waals surface area contributed by atoms with Crippen molar-refractivity contribution in [1.29, 1.82) is 0 Å². The van der Waals surface area contributed by atoms with Crippen LogP contribution in [0.3, 0.4) is 0 Å². The van der Waals surface area contributed by atoms with Crippen LogP contribution in [0, 0.1) is 0 Å². The number of hydrogen-bond acceptors (Lipinski definition) is 2. The van der Waals surface area contributed by atoms with Crippen molar-refractivity contribution in [2.24, 2.45) is 0 Å². The van der Waals surface area contributed by atoms with Gasteiger partial charge in [-0.05, 0) is 97.1 Å². The van der Waals surface area contributed by atoms with E-state index in [0.717, 1.165) is 0 Å². The van der Waals surface area contributed by atoms with Gasteiger partial charge in [-0.3, -0.25) is 22.9 Å². The molecule has 0 saturated carbocycles. The fourth-order valence-electron chi connectivity index (χ4n) is 5.25. The summed E-state index contributed by atoms with van der Waals surface area (Å²) in [5, 5.41) is 8.61. The molecule has 0 atom stereocenters. The van der Waals surface area contributed by atoms with Gasteiger partial charge in [0, 0.05) is 24.8 Å². The van der Waals surface area contributed by atoms with Crippen molar-refractivity contribution in [3.05, 3.63) is 243 Å². The monoisotopic (exact) mass is 834 g/mol. The van der Waals surface area contributed by atoms with Crippen LogP contribution in [0.15, 0.2) is 243 Å². The third-order valence-electron chi connectivity index (χ3n) is 7.51. The minimum atomic E-state index is -3.67. The molecule has 0 N–H and O–H groups in total. The van der Waals surface area contributed by atoms with E-state index in [4.69, 9.17) is 0 Å².